The van der Waals surface area contributed by atoms with E-state index in [2.05, 4.69) is 10.3 Å². The molecule has 1 heterocycles. The third kappa shape index (κ3) is 3.88. The van der Waals surface area contributed by atoms with Gasteiger partial charge in [0.2, 0.25) is 5.91 Å². The Labute approximate surface area is 119 Å². The van der Waals surface area contributed by atoms with Crippen molar-refractivity contribution >= 4 is 5.91 Å². The molecule has 0 unspecified atom stereocenters. The van der Waals surface area contributed by atoms with Gasteiger partial charge in [0.1, 0.15) is 12.4 Å². The lowest BCUT2D eigenvalue weighted by atomic mass is 10.1. The molecule has 1 aromatic heterocycles. The summed E-state index contributed by atoms with van der Waals surface area (Å²) in [7, 11) is 0. The lowest BCUT2D eigenvalue weighted by Crippen LogP contribution is -2.35. The molecule has 2 aromatic rings. The molecular weight excluding hydrogens is 277 g/mol. The van der Waals surface area contributed by atoms with Crippen LogP contribution < -0.4 is 16.6 Å². The topological polar surface area (TPSA) is 84.0 Å². The average molecular weight is 291 g/mol. The zero-order chi connectivity index (χ0) is 15.4. The van der Waals surface area contributed by atoms with Crippen LogP contribution in [0.4, 0.5) is 4.39 Å². The molecule has 0 spiro atoms. The van der Waals surface area contributed by atoms with Gasteiger partial charge in [-0.15, -0.1) is 0 Å². The van der Waals surface area contributed by atoms with Crippen molar-refractivity contribution in [1.82, 2.24) is 14.9 Å². The summed E-state index contributed by atoms with van der Waals surface area (Å²) >= 11 is 0. The van der Waals surface area contributed by atoms with Crippen LogP contribution in [0.15, 0.2) is 40.1 Å². The molecule has 0 atom stereocenters. The summed E-state index contributed by atoms with van der Waals surface area (Å²) in [5.41, 5.74) is 0.100. The smallest absolute Gasteiger partial charge is 0.328 e. The first-order chi connectivity index (χ1) is 9.95. The highest BCUT2D eigenvalue weighted by molar-refractivity contribution is 5.75. The maximum atomic E-state index is 13.1. The Bertz CT molecular complexity index is 780. The number of rotatable bonds is 4. The lowest BCUT2D eigenvalue weighted by Gasteiger charge is -2.07. The first-order valence-electron chi connectivity index (χ1n) is 6.27. The maximum Gasteiger partial charge on any atom is 0.328 e. The largest absolute Gasteiger partial charge is 0.350 e. The second-order valence-corrected chi connectivity index (χ2v) is 4.60. The number of aromatic amines is 1. The highest BCUT2D eigenvalue weighted by Crippen LogP contribution is 2.08. The van der Waals surface area contributed by atoms with Crippen molar-refractivity contribution in [2.45, 2.75) is 20.0 Å². The van der Waals surface area contributed by atoms with E-state index in [-0.39, 0.29) is 24.8 Å². The molecule has 0 aliphatic rings. The summed E-state index contributed by atoms with van der Waals surface area (Å²) in [6.07, 6.45) is 1.25. The van der Waals surface area contributed by atoms with Gasteiger partial charge in [0.15, 0.2) is 0 Å². The molecule has 21 heavy (non-hydrogen) atoms. The van der Waals surface area contributed by atoms with E-state index in [1.165, 1.54) is 12.3 Å². The van der Waals surface area contributed by atoms with Crippen LogP contribution in [-0.2, 0) is 17.9 Å². The van der Waals surface area contributed by atoms with Gasteiger partial charge in [0, 0.05) is 18.8 Å². The van der Waals surface area contributed by atoms with Crippen molar-refractivity contribution in [3.63, 3.8) is 0 Å². The second kappa shape index (κ2) is 6.17. The number of carbonyl (C=O) groups excluding carboxylic acids is 1. The molecule has 2 N–H and O–H groups in total. The van der Waals surface area contributed by atoms with Gasteiger partial charge in [-0.05, 0) is 24.1 Å². The van der Waals surface area contributed by atoms with Gasteiger partial charge in [-0.3, -0.25) is 19.1 Å². The minimum Gasteiger partial charge on any atom is -0.350 e. The minimum atomic E-state index is -0.643. The Balaban J connectivity index is 1.97. The van der Waals surface area contributed by atoms with E-state index in [1.807, 2.05) is 0 Å². The molecule has 0 fully saturated rings. The van der Waals surface area contributed by atoms with E-state index in [0.717, 1.165) is 16.2 Å². The number of nitrogens with one attached hydrogen (secondary N) is 2. The fourth-order valence-electron chi connectivity index (χ4n) is 1.80. The van der Waals surface area contributed by atoms with Crippen molar-refractivity contribution in [3.05, 3.63) is 68.2 Å². The number of H-pyrrole nitrogens is 1. The third-order valence-electron chi connectivity index (χ3n) is 2.92. The highest BCUT2D eigenvalue weighted by Gasteiger charge is 2.05. The van der Waals surface area contributed by atoms with E-state index in [0.29, 0.717) is 5.56 Å². The van der Waals surface area contributed by atoms with Crippen LogP contribution in [0.5, 0.6) is 0 Å². The normalized spacial score (nSPS) is 10.4. The predicted molar refractivity (Wildman–Crippen MR) is 74.3 cm³/mol. The predicted octanol–water partition coefficient (Wildman–Crippen LogP) is 0.301. The van der Waals surface area contributed by atoms with E-state index in [4.69, 9.17) is 0 Å². The van der Waals surface area contributed by atoms with Crippen molar-refractivity contribution in [2.24, 2.45) is 0 Å². The molecule has 0 saturated carbocycles. The van der Waals surface area contributed by atoms with Gasteiger partial charge >= 0.3 is 5.69 Å². The van der Waals surface area contributed by atoms with Gasteiger partial charge in [-0.1, -0.05) is 12.1 Å². The van der Waals surface area contributed by atoms with Crippen LogP contribution in [-0.4, -0.2) is 15.5 Å². The first-order valence-corrected chi connectivity index (χ1v) is 6.27. The second-order valence-electron chi connectivity index (χ2n) is 4.60. The average Bonchev–Trinajstić information content (AvgIpc) is 2.43. The first kappa shape index (κ1) is 14.7. The Morgan fingerprint density at radius 1 is 1.33 bits per heavy atom. The fraction of sp³-hybridized carbons (Fsp3) is 0.214. The third-order valence-corrected chi connectivity index (χ3v) is 2.92. The van der Waals surface area contributed by atoms with Gasteiger partial charge in [0.05, 0.1) is 0 Å². The fourth-order valence-corrected chi connectivity index (χ4v) is 1.80. The summed E-state index contributed by atoms with van der Waals surface area (Å²) in [4.78, 5) is 36.1. The standard InChI is InChI=1S/C14H14FN3O3/c1-9-6-10(2-3-11(9)15)7-16-13(20)8-18-5-4-12(19)17-14(18)21/h2-6H,7-8H2,1H3,(H,16,20)(H,17,19,21). The van der Waals surface area contributed by atoms with Crippen LogP contribution in [0, 0.1) is 12.7 Å². The van der Waals surface area contributed by atoms with Gasteiger partial charge in [0.25, 0.3) is 5.56 Å². The van der Waals surface area contributed by atoms with Crippen molar-refractivity contribution in [1.29, 1.82) is 0 Å². The minimum absolute atomic E-state index is 0.199. The van der Waals surface area contributed by atoms with Crippen LogP contribution in [0.25, 0.3) is 0 Å². The Kier molecular flexibility index (Phi) is 4.32. The SMILES string of the molecule is Cc1cc(CNC(=O)Cn2ccc(=O)[nH]c2=O)ccc1F. The number of carbonyl (C=O) groups is 1. The van der Waals surface area contributed by atoms with Gasteiger partial charge in [-0.2, -0.15) is 0 Å². The highest BCUT2D eigenvalue weighted by atomic mass is 19.1. The number of hydrogen-bond acceptors (Lipinski definition) is 3. The van der Waals surface area contributed by atoms with Gasteiger partial charge in [-0.25, -0.2) is 9.18 Å². The zero-order valence-electron chi connectivity index (χ0n) is 11.4. The van der Waals surface area contributed by atoms with Crippen molar-refractivity contribution in [2.75, 3.05) is 0 Å². The van der Waals surface area contributed by atoms with E-state index < -0.39 is 11.2 Å². The molecule has 0 bridgehead atoms. The Morgan fingerprint density at radius 3 is 2.76 bits per heavy atom. The van der Waals surface area contributed by atoms with E-state index in [9.17, 15) is 18.8 Å². The lowest BCUT2D eigenvalue weighted by molar-refractivity contribution is -0.121. The molecule has 1 amide bonds. The van der Waals surface area contributed by atoms with Gasteiger partial charge < -0.3 is 5.32 Å². The number of benzene rings is 1. The molecule has 110 valence electrons. The summed E-state index contributed by atoms with van der Waals surface area (Å²) in [5, 5.41) is 2.62. The molecule has 6 nitrogen and oxygen atoms in total. The summed E-state index contributed by atoms with van der Waals surface area (Å²) in [6, 6.07) is 5.72. The zero-order valence-corrected chi connectivity index (χ0v) is 11.4. The molecule has 0 aliphatic heterocycles. The summed E-state index contributed by atoms with van der Waals surface area (Å²) < 4.78 is 14.2. The van der Waals surface area contributed by atoms with E-state index in [1.54, 1.807) is 19.1 Å². The number of nitrogens with zero attached hydrogens (tertiary/aromatic N) is 1. The van der Waals surface area contributed by atoms with Crippen LogP contribution in [0.2, 0.25) is 0 Å². The number of aryl methyl sites for hydroxylation is 1. The van der Waals surface area contributed by atoms with E-state index >= 15 is 0 Å². The van der Waals surface area contributed by atoms with Crippen molar-refractivity contribution in [3.8, 4) is 0 Å². The molecule has 7 heteroatoms. The molecule has 0 saturated heterocycles. The number of amides is 1. The monoisotopic (exact) mass is 291 g/mol. The molecule has 2 rings (SSSR count). The summed E-state index contributed by atoms with van der Waals surface area (Å²) in [6.45, 7) is 1.67. The Morgan fingerprint density at radius 2 is 2.10 bits per heavy atom. The van der Waals surface area contributed by atoms with Crippen LogP contribution >= 0.6 is 0 Å². The maximum absolute atomic E-state index is 13.1. The number of hydrogen-bond donors (Lipinski definition) is 2. The molecular formula is C14H14FN3O3. The molecule has 0 aliphatic carbocycles. The van der Waals surface area contributed by atoms with Crippen LogP contribution in [0.1, 0.15) is 11.1 Å². The Hall–Kier alpha value is -2.70. The number of aromatic nitrogens is 2. The quantitative estimate of drug-likeness (QED) is 0.850. The van der Waals surface area contributed by atoms with Crippen LogP contribution in [0.3, 0.4) is 0 Å². The summed E-state index contributed by atoms with van der Waals surface area (Å²) in [5.74, 6) is -0.684. The molecule has 1 aromatic carbocycles. The van der Waals surface area contributed by atoms with Crippen molar-refractivity contribution < 1.29 is 9.18 Å². The number of halogens is 1. The molecule has 0 radical (unpaired) electrons.